The molecule has 1 unspecified atom stereocenters. The molecule has 2 N–H and O–H groups in total. The van der Waals surface area contributed by atoms with Gasteiger partial charge < -0.3 is 38.1 Å². The number of ether oxygens (including phenoxy) is 2. The van der Waals surface area contributed by atoms with Gasteiger partial charge in [-0.15, -0.1) is 0 Å². The van der Waals surface area contributed by atoms with Gasteiger partial charge in [0.2, 0.25) is 0 Å². The Morgan fingerprint density at radius 1 is 0.828 bits per heavy atom. The maximum atomic E-state index is 12.8. The first-order chi connectivity index (χ1) is 27.8. The molecule has 0 amide bonds. The molecule has 1 aliphatic carbocycles. The summed E-state index contributed by atoms with van der Waals surface area (Å²) < 4.78 is 34.3. The van der Waals surface area contributed by atoms with Gasteiger partial charge in [-0.1, -0.05) is 122 Å². The average Bonchev–Trinajstić information content (AvgIpc) is 3.43. The third kappa shape index (κ3) is 30.2. The number of esters is 1. The fraction of sp³-hybridized carbons (Fsp3) is 0.826. The number of Topliss-reactive ketones (excluding diaryl/α,β-unsaturated/α-hetero) is 1. The number of rotatable bonds is 38. The minimum absolute atomic E-state index is 0.0161. The van der Waals surface area contributed by atoms with E-state index in [1.165, 1.54) is 57.8 Å². The largest absolute Gasteiger partial charge is 0.756 e. The van der Waals surface area contributed by atoms with Gasteiger partial charge in [-0.25, -0.2) is 0 Å². The van der Waals surface area contributed by atoms with E-state index in [0.29, 0.717) is 30.3 Å². The summed E-state index contributed by atoms with van der Waals surface area (Å²) in [5, 5.41) is 20.8. The molecule has 1 fully saturated rings. The Balaban J connectivity index is 2.45. The first-order valence-corrected chi connectivity index (χ1v) is 24.3. The molecule has 0 aromatic rings. The van der Waals surface area contributed by atoms with Crippen molar-refractivity contribution in [1.82, 2.24) is 0 Å². The topological polar surface area (TPSA) is 152 Å². The summed E-state index contributed by atoms with van der Waals surface area (Å²) in [7, 11) is 1.17. The molecule has 338 valence electrons. The zero-order valence-corrected chi connectivity index (χ0v) is 38.1. The molecule has 1 aliphatic rings. The quantitative estimate of drug-likeness (QED) is 0.0154. The summed E-state index contributed by atoms with van der Waals surface area (Å²) in [5.74, 6) is -1.000. The number of hydrogen-bond donors (Lipinski definition) is 2. The van der Waals surface area contributed by atoms with Gasteiger partial charge in [0.25, 0.3) is 7.82 Å². The second kappa shape index (κ2) is 33.8. The van der Waals surface area contributed by atoms with E-state index in [1.54, 1.807) is 18.4 Å². The highest BCUT2D eigenvalue weighted by Gasteiger charge is 2.39. The molecule has 1 rings (SSSR count). The van der Waals surface area contributed by atoms with E-state index >= 15 is 0 Å². The number of likely N-dealkylation sites (N-methyl/N-ethyl adjacent to an activating group) is 1. The number of aliphatic hydroxyl groups excluding tert-OH is 2. The fourth-order valence-electron chi connectivity index (χ4n) is 7.00. The van der Waals surface area contributed by atoms with Crippen molar-refractivity contribution < 1.29 is 52.3 Å². The molecule has 0 heterocycles. The number of carbonyl (C=O) groups is 2. The van der Waals surface area contributed by atoms with Crippen molar-refractivity contribution in [3.8, 4) is 0 Å². The number of nitrogens with zero attached hydrogens (tertiary/aromatic N) is 1. The maximum Gasteiger partial charge on any atom is 0.306 e. The van der Waals surface area contributed by atoms with Crippen LogP contribution in [0.3, 0.4) is 0 Å². The lowest BCUT2D eigenvalue weighted by atomic mass is 9.88. The molecule has 0 aromatic heterocycles. The van der Waals surface area contributed by atoms with Crippen LogP contribution >= 0.6 is 7.82 Å². The van der Waals surface area contributed by atoms with Crippen molar-refractivity contribution >= 4 is 19.6 Å². The van der Waals surface area contributed by atoms with Crippen LogP contribution in [-0.2, 0) is 32.7 Å². The molecule has 0 radical (unpaired) electrons. The van der Waals surface area contributed by atoms with Gasteiger partial charge in [0, 0.05) is 18.8 Å². The summed E-state index contributed by atoms with van der Waals surface area (Å²) in [5.41, 5.74) is 0. The number of allylic oxidation sites excluding steroid dienone is 4. The molecule has 1 saturated carbocycles. The zero-order valence-electron chi connectivity index (χ0n) is 37.2. The van der Waals surface area contributed by atoms with Gasteiger partial charge >= 0.3 is 5.97 Å². The van der Waals surface area contributed by atoms with Crippen molar-refractivity contribution in [2.24, 2.45) is 11.8 Å². The molecule has 12 heteroatoms. The van der Waals surface area contributed by atoms with Gasteiger partial charge in [-0.3, -0.25) is 14.2 Å². The summed E-state index contributed by atoms with van der Waals surface area (Å²) in [4.78, 5) is 37.8. The van der Waals surface area contributed by atoms with Crippen LogP contribution in [0, 0.1) is 11.8 Å². The van der Waals surface area contributed by atoms with Crippen LogP contribution in [-0.4, -0.2) is 92.3 Å². The average molecular weight is 842 g/mol. The zero-order chi connectivity index (χ0) is 42.9. The number of hydrogen-bond acceptors (Lipinski definition) is 10. The summed E-state index contributed by atoms with van der Waals surface area (Å²) in [6.07, 6.45) is 32.9. The third-order valence-electron chi connectivity index (χ3n) is 10.6. The van der Waals surface area contributed by atoms with Gasteiger partial charge in [0.15, 0.2) is 6.10 Å². The Morgan fingerprint density at radius 3 is 2.07 bits per heavy atom. The first kappa shape index (κ1) is 54.2. The lowest BCUT2D eigenvalue weighted by molar-refractivity contribution is -0.870. The minimum atomic E-state index is -4.61. The van der Waals surface area contributed by atoms with Gasteiger partial charge in [-0.2, -0.15) is 0 Å². The Bertz CT molecular complexity index is 1190. The van der Waals surface area contributed by atoms with Gasteiger partial charge in [0.05, 0.1) is 46.2 Å². The van der Waals surface area contributed by atoms with E-state index in [4.69, 9.17) is 18.5 Å². The van der Waals surface area contributed by atoms with Gasteiger partial charge in [0.1, 0.15) is 25.5 Å². The number of phosphoric acid groups is 1. The number of unbranched alkanes of at least 4 members (excludes halogenated alkanes) is 16. The summed E-state index contributed by atoms with van der Waals surface area (Å²) in [6.45, 7) is 4.34. The molecule has 0 aromatic carbocycles. The van der Waals surface area contributed by atoms with Crippen LogP contribution in [0.5, 0.6) is 0 Å². The predicted octanol–water partition coefficient (Wildman–Crippen LogP) is 9.69. The van der Waals surface area contributed by atoms with E-state index in [0.717, 1.165) is 64.2 Å². The molecule has 0 saturated heterocycles. The van der Waals surface area contributed by atoms with Crippen molar-refractivity contribution in [2.45, 2.75) is 186 Å². The predicted molar refractivity (Wildman–Crippen MR) is 232 cm³/mol. The molecule has 0 bridgehead atoms. The highest BCUT2D eigenvalue weighted by molar-refractivity contribution is 7.45. The van der Waals surface area contributed by atoms with Crippen molar-refractivity contribution in [3.05, 3.63) is 36.6 Å². The lowest BCUT2D eigenvalue weighted by Crippen LogP contribution is -2.37. The third-order valence-corrected chi connectivity index (χ3v) is 11.6. The SMILES string of the molecule is CCCCCCCC/C=C\CCCCCC/C=C/OC[C@H](COP(=O)([O-])OCC[N+](C)(C)C)OC(=O)CCCCCC[C@H]1[C@@H](O)CC(=O)[C@@H]1/C=C/[C@@H](O)CCCCC. The molecular weight excluding hydrogens is 757 g/mol. The number of aliphatic hydroxyl groups is 2. The second-order valence-corrected chi connectivity index (χ2v) is 18.7. The molecule has 0 aliphatic heterocycles. The van der Waals surface area contributed by atoms with E-state index in [1.807, 2.05) is 27.2 Å². The number of carbonyl (C=O) groups excluding carboxylic acids is 2. The second-order valence-electron chi connectivity index (χ2n) is 17.3. The fourth-order valence-corrected chi connectivity index (χ4v) is 7.73. The molecule has 6 atom stereocenters. The van der Waals surface area contributed by atoms with Crippen LogP contribution in [0.1, 0.15) is 168 Å². The van der Waals surface area contributed by atoms with Crippen LogP contribution in [0.25, 0.3) is 0 Å². The van der Waals surface area contributed by atoms with E-state index in [9.17, 15) is 29.3 Å². The van der Waals surface area contributed by atoms with Crippen LogP contribution < -0.4 is 4.89 Å². The standard InChI is InChI=1S/C46H84NO10P/c1-6-8-10-11-12-13-14-15-16-17-18-19-20-21-24-28-35-54-38-41(39-56-58(52,53)55-36-34-47(3,4)5)57-46(51)31-27-23-22-26-30-42-43(45(50)37-44(42)49)33-32-40(48)29-25-9-7-2/h15-16,28,32-33,35,40-44,48-49H,6-14,17-27,29-31,34,36-39H2,1-5H3/b16-15-,33-32+,35-28+/t40-,41+,42+,43+,44-/m0/s1. The Kier molecular flexibility index (Phi) is 31.6. The van der Waals surface area contributed by atoms with E-state index < -0.39 is 38.7 Å². The molecule has 11 nitrogen and oxygen atoms in total. The van der Waals surface area contributed by atoms with Crippen LogP contribution in [0.15, 0.2) is 36.6 Å². The van der Waals surface area contributed by atoms with Crippen molar-refractivity contribution in [3.63, 3.8) is 0 Å². The number of phosphoric ester groups is 1. The van der Waals surface area contributed by atoms with Crippen molar-refractivity contribution in [1.29, 1.82) is 0 Å². The molecule has 0 spiro atoms. The highest BCUT2D eigenvalue weighted by Crippen LogP contribution is 2.38. The van der Waals surface area contributed by atoms with E-state index in [2.05, 4.69) is 26.0 Å². The lowest BCUT2D eigenvalue weighted by Gasteiger charge is -2.28. The highest BCUT2D eigenvalue weighted by atomic mass is 31.2. The van der Waals surface area contributed by atoms with Crippen LogP contribution in [0.2, 0.25) is 0 Å². The normalized spacial score (nSPS) is 19.7. The summed E-state index contributed by atoms with van der Waals surface area (Å²) in [6, 6.07) is 0. The minimum Gasteiger partial charge on any atom is -0.756 e. The van der Waals surface area contributed by atoms with E-state index in [-0.39, 0.29) is 43.7 Å². The Morgan fingerprint density at radius 2 is 1.41 bits per heavy atom. The smallest absolute Gasteiger partial charge is 0.306 e. The maximum absolute atomic E-state index is 12.8. The first-order valence-electron chi connectivity index (χ1n) is 22.9. The van der Waals surface area contributed by atoms with Crippen LogP contribution in [0.4, 0.5) is 0 Å². The molecular formula is C46H84NO10P. The summed E-state index contributed by atoms with van der Waals surface area (Å²) >= 11 is 0. The monoisotopic (exact) mass is 842 g/mol. The number of quaternary nitrogens is 1. The Labute approximate surface area is 353 Å². The Hall–Kier alpha value is -1.85. The van der Waals surface area contributed by atoms with Crippen molar-refractivity contribution in [2.75, 3.05) is 47.5 Å². The number of ketones is 1. The van der Waals surface area contributed by atoms with Gasteiger partial charge in [-0.05, 0) is 69.8 Å². The molecule has 58 heavy (non-hydrogen) atoms.